The number of rotatable bonds is 4. The van der Waals surface area contributed by atoms with Crippen LogP contribution in [-0.4, -0.2) is 23.0 Å². The number of carbonyl (C=O) groups excluding carboxylic acids is 1. The van der Waals surface area contributed by atoms with Gasteiger partial charge in [0, 0.05) is 0 Å². The first-order valence-corrected chi connectivity index (χ1v) is 5.92. The van der Waals surface area contributed by atoms with Gasteiger partial charge in [-0.25, -0.2) is 0 Å². The average molecular weight is 241 g/mol. The van der Waals surface area contributed by atoms with Crippen molar-refractivity contribution >= 4 is 23.2 Å². The summed E-state index contributed by atoms with van der Waals surface area (Å²) in [6.45, 7) is 5.45. The molecule has 0 spiro atoms. The zero-order valence-corrected chi connectivity index (χ0v) is 10.3. The van der Waals surface area contributed by atoms with Crippen molar-refractivity contribution in [1.82, 2.24) is 5.32 Å². The van der Waals surface area contributed by atoms with Gasteiger partial charge in [-0.15, -0.1) is 11.3 Å². The zero-order chi connectivity index (χ0) is 12.3. The predicted molar refractivity (Wildman–Crippen MR) is 63.0 cm³/mol. The van der Waals surface area contributed by atoms with E-state index < -0.39 is 12.0 Å². The van der Waals surface area contributed by atoms with Gasteiger partial charge < -0.3 is 10.4 Å². The fourth-order valence-electron chi connectivity index (χ4n) is 1.28. The number of aliphatic carboxylic acids is 1. The molecule has 0 radical (unpaired) electrons. The maximum atomic E-state index is 11.8. The maximum absolute atomic E-state index is 11.8. The fourth-order valence-corrected chi connectivity index (χ4v) is 2.24. The van der Waals surface area contributed by atoms with Crippen LogP contribution in [0.25, 0.3) is 0 Å². The number of amides is 1. The lowest BCUT2D eigenvalue weighted by molar-refractivity contribution is -0.138. The van der Waals surface area contributed by atoms with Crippen LogP contribution in [-0.2, 0) is 4.79 Å². The van der Waals surface area contributed by atoms with Gasteiger partial charge in [0.2, 0.25) is 0 Å². The molecule has 0 aromatic carbocycles. The van der Waals surface area contributed by atoms with Crippen LogP contribution in [0.5, 0.6) is 0 Å². The number of hydrogen-bond donors (Lipinski definition) is 2. The second-order valence-corrected chi connectivity index (χ2v) is 4.81. The molecule has 1 amide bonds. The zero-order valence-electron chi connectivity index (χ0n) is 9.48. The highest BCUT2D eigenvalue weighted by molar-refractivity contribution is 7.12. The number of carboxylic acid groups (broad SMARTS) is 1. The van der Waals surface area contributed by atoms with E-state index in [9.17, 15) is 9.59 Å². The number of nitrogens with one attached hydrogen (secondary N) is 1. The van der Waals surface area contributed by atoms with Gasteiger partial charge in [-0.05, 0) is 29.9 Å². The Morgan fingerprint density at radius 1 is 1.38 bits per heavy atom. The van der Waals surface area contributed by atoms with Crippen molar-refractivity contribution in [3.8, 4) is 0 Å². The van der Waals surface area contributed by atoms with Crippen LogP contribution in [0.4, 0.5) is 0 Å². The summed E-state index contributed by atoms with van der Waals surface area (Å²) in [5.74, 6) is -1.09. The molecule has 0 aliphatic carbocycles. The minimum atomic E-state index is -1.03. The van der Waals surface area contributed by atoms with Crippen molar-refractivity contribution in [3.63, 3.8) is 0 Å². The van der Waals surface area contributed by atoms with Crippen LogP contribution in [0, 0.1) is 0 Å². The summed E-state index contributed by atoms with van der Waals surface area (Å²) in [5.41, 5.74) is 0.958. The molecule has 1 rings (SSSR count). The summed E-state index contributed by atoms with van der Waals surface area (Å²) in [4.78, 5) is 23.0. The standard InChI is InChI=1S/C11H15NO3S/c1-6(2)8-4-5-16-9(8)10(13)12-7(3)11(14)15/h4-7H,1-3H3,(H,12,13)(H,14,15)/t7-/m1/s1. The van der Waals surface area contributed by atoms with Gasteiger partial charge in [0.1, 0.15) is 6.04 Å². The van der Waals surface area contributed by atoms with Gasteiger partial charge in [-0.2, -0.15) is 0 Å². The second kappa shape index (κ2) is 5.12. The van der Waals surface area contributed by atoms with Crippen LogP contribution >= 0.6 is 11.3 Å². The molecule has 2 N–H and O–H groups in total. The molecule has 0 aliphatic rings. The van der Waals surface area contributed by atoms with E-state index >= 15 is 0 Å². The molecule has 0 unspecified atom stereocenters. The van der Waals surface area contributed by atoms with Crippen molar-refractivity contribution < 1.29 is 14.7 Å². The van der Waals surface area contributed by atoms with E-state index in [-0.39, 0.29) is 11.8 Å². The third kappa shape index (κ3) is 2.82. The van der Waals surface area contributed by atoms with E-state index in [4.69, 9.17) is 5.11 Å². The Morgan fingerprint density at radius 3 is 2.50 bits per heavy atom. The maximum Gasteiger partial charge on any atom is 0.325 e. The molecule has 4 nitrogen and oxygen atoms in total. The molecular weight excluding hydrogens is 226 g/mol. The van der Waals surface area contributed by atoms with E-state index in [0.29, 0.717) is 4.88 Å². The first-order valence-electron chi connectivity index (χ1n) is 5.04. The Labute approximate surface area is 98.3 Å². The van der Waals surface area contributed by atoms with Crippen molar-refractivity contribution in [1.29, 1.82) is 0 Å². The Balaban J connectivity index is 2.81. The number of carbonyl (C=O) groups is 2. The van der Waals surface area contributed by atoms with Crippen LogP contribution in [0.2, 0.25) is 0 Å². The van der Waals surface area contributed by atoms with E-state index in [1.165, 1.54) is 18.3 Å². The number of carboxylic acids is 1. The largest absolute Gasteiger partial charge is 0.480 e. The lowest BCUT2D eigenvalue weighted by atomic mass is 10.0. The molecule has 16 heavy (non-hydrogen) atoms. The molecule has 0 saturated heterocycles. The Bertz CT molecular complexity index is 398. The first-order chi connectivity index (χ1) is 7.43. The summed E-state index contributed by atoms with van der Waals surface area (Å²) >= 11 is 1.33. The van der Waals surface area contributed by atoms with Crippen LogP contribution in [0.1, 0.15) is 41.9 Å². The van der Waals surface area contributed by atoms with Crippen molar-refractivity contribution in [3.05, 3.63) is 21.9 Å². The highest BCUT2D eigenvalue weighted by atomic mass is 32.1. The summed E-state index contributed by atoms with van der Waals surface area (Å²) < 4.78 is 0. The summed E-state index contributed by atoms with van der Waals surface area (Å²) in [6.07, 6.45) is 0. The lowest BCUT2D eigenvalue weighted by Gasteiger charge is -2.10. The number of thiophene rings is 1. The molecule has 5 heteroatoms. The molecule has 0 bridgehead atoms. The Kier molecular flexibility index (Phi) is 4.06. The first kappa shape index (κ1) is 12.7. The van der Waals surface area contributed by atoms with E-state index in [1.807, 2.05) is 25.3 Å². The van der Waals surface area contributed by atoms with Gasteiger partial charge in [0.25, 0.3) is 5.91 Å². The van der Waals surface area contributed by atoms with Crippen molar-refractivity contribution in [2.24, 2.45) is 0 Å². The van der Waals surface area contributed by atoms with E-state index in [1.54, 1.807) is 0 Å². The monoisotopic (exact) mass is 241 g/mol. The lowest BCUT2D eigenvalue weighted by Crippen LogP contribution is -2.38. The minimum Gasteiger partial charge on any atom is -0.480 e. The normalized spacial score (nSPS) is 12.5. The summed E-state index contributed by atoms with van der Waals surface area (Å²) in [5, 5.41) is 13.0. The van der Waals surface area contributed by atoms with Crippen LogP contribution < -0.4 is 5.32 Å². The van der Waals surface area contributed by atoms with Gasteiger partial charge in [-0.1, -0.05) is 13.8 Å². The van der Waals surface area contributed by atoms with Gasteiger partial charge >= 0.3 is 5.97 Å². The van der Waals surface area contributed by atoms with Gasteiger partial charge in [-0.3, -0.25) is 9.59 Å². The summed E-state index contributed by atoms with van der Waals surface area (Å²) in [6, 6.07) is 1.03. The van der Waals surface area contributed by atoms with Crippen molar-refractivity contribution in [2.45, 2.75) is 32.7 Å². The van der Waals surface area contributed by atoms with Crippen LogP contribution in [0.3, 0.4) is 0 Å². The van der Waals surface area contributed by atoms with E-state index in [0.717, 1.165) is 5.56 Å². The average Bonchev–Trinajstić information content (AvgIpc) is 2.65. The molecule has 0 aliphatic heterocycles. The Morgan fingerprint density at radius 2 is 2.00 bits per heavy atom. The molecule has 0 fully saturated rings. The third-order valence-corrected chi connectivity index (χ3v) is 3.17. The summed E-state index contributed by atoms with van der Waals surface area (Å²) in [7, 11) is 0. The van der Waals surface area contributed by atoms with Crippen LogP contribution in [0.15, 0.2) is 11.4 Å². The molecular formula is C11H15NO3S. The van der Waals surface area contributed by atoms with Gasteiger partial charge in [0.05, 0.1) is 4.88 Å². The van der Waals surface area contributed by atoms with Gasteiger partial charge in [0.15, 0.2) is 0 Å². The Hall–Kier alpha value is -1.36. The molecule has 1 heterocycles. The molecule has 0 saturated carbocycles. The molecule has 1 aromatic rings. The highest BCUT2D eigenvalue weighted by Gasteiger charge is 2.19. The second-order valence-electron chi connectivity index (χ2n) is 3.89. The van der Waals surface area contributed by atoms with E-state index in [2.05, 4.69) is 5.32 Å². The quantitative estimate of drug-likeness (QED) is 0.848. The predicted octanol–water partition coefficient (Wildman–Crippen LogP) is 2.07. The highest BCUT2D eigenvalue weighted by Crippen LogP contribution is 2.24. The number of hydrogen-bond acceptors (Lipinski definition) is 3. The third-order valence-electron chi connectivity index (χ3n) is 2.24. The SMILES string of the molecule is CC(C)c1ccsc1C(=O)N[C@H](C)C(=O)O. The molecule has 88 valence electrons. The van der Waals surface area contributed by atoms with Crippen molar-refractivity contribution in [2.75, 3.05) is 0 Å². The minimum absolute atomic E-state index is 0.257. The fraction of sp³-hybridized carbons (Fsp3) is 0.455. The molecule has 1 aromatic heterocycles. The molecule has 1 atom stereocenters. The topological polar surface area (TPSA) is 66.4 Å². The smallest absolute Gasteiger partial charge is 0.325 e.